The molecule has 0 amide bonds. The second-order valence-corrected chi connectivity index (χ2v) is 4.37. The van der Waals surface area contributed by atoms with E-state index >= 15 is 0 Å². The summed E-state index contributed by atoms with van der Waals surface area (Å²) in [6, 6.07) is 0. The minimum Gasteiger partial charge on any atom is -0.369 e. The Morgan fingerprint density at radius 3 is 2.73 bits per heavy atom. The second-order valence-electron chi connectivity index (χ2n) is 4.02. The third kappa shape index (κ3) is 3.67. The molecule has 1 aromatic rings. The van der Waals surface area contributed by atoms with Crippen LogP contribution < -0.4 is 5.32 Å². The van der Waals surface area contributed by atoms with Gasteiger partial charge in [0, 0.05) is 12.1 Å². The highest BCUT2D eigenvalue weighted by atomic mass is 35.5. The molecule has 0 aromatic carbocycles. The molecule has 0 aliphatic rings. The van der Waals surface area contributed by atoms with E-state index in [4.69, 9.17) is 11.6 Å². The van der Waals surface area contributed by atoms with E-state index in [9.17, 15) is 0 Å². The molecule has 0 radical (unpaired) electrons. The lowest BCUT2D eigenvalue weighted by Gasteiger charge is -2.12. The summed E-state index contributed by atoms with van der Waals surface area (Å²) in [4.78, 5) is 8.22. The Hall–Kier alpha value is -0.830. The van der Waals surface area contributed by atoms with Gasteiger partial charge in [0.25, 0.3) is 0 Å². The number of hydrogen-bond donors (Lipinski definition) is 1. The van der Waals surface area contributed by atoms with Crippen molar-refractivity contribution in [3.05, 3.63) is 17.0 Å². The average molecular weight is 228 g/mol. The van der Waals surface area contributed by atoms with Gasteiger partial charge in [0.2, 0.25) is 0 Å². The molecule has 1 heterocycles. The number of nitrogens with zero attached hydrogens (tertiary/aromatic N) is 2. The Labute approximate surface area is 96.3 Å². The number of anilines is 1. The molecule has 0 atom stereocenters. The van der Waals surface area contributed by atoms with Gasteiger partial charge in [0.15, 0.2) is 0 Å². The third-order valence-corrected chi connectivity index (χ3v) is 2.40. The molecule has 84 valence electrons. The molecule has 0 bridgehead atoms. The fraction of sp³-hybridized carbons (Fsp3) is 0.636. The van der Waals surface area contributed by atoms with Gasteiger partial charge < -0.3 is 5.32 Å². The lowest BCUT2D eigenvalue weighted by atomic mass is 10.1. The zero-order chi connectivity index (χ0) is 11.3. The van der Waals surface area contributed by atoms with Crippen LogP contribution in [0.4, 0.5) is 5.82 Å². The van der Waals surface area contributed by atoms with Crippen LogP contribution in [0.2, 0.25) is 5.15 Å². The van der Waals surface area contributed by atoms with Crippen LogP contribution in [0.3, 0.4) is 0 Å². The van der Waals surface area contributed by atoms with Crippen LogP contribution in [0.15, 0.2) is 6.33 Å². The highest BCUT2D eigenvalue weighted by Gasteiger charge is 2.08. The summed E-state index contributed by atoms with van der Waals surface area (Å²) in [5.74, 6) is 1.47. The first kappa shape index (κ1) is 12.2. The maximum absolute atomic E-state index is 6.03. The molecule has 1 aromatic heterocycles. The Morgan fingerprint density at radius 1 is 1.40 bits per heavy atom. The average Bonchev–Trinajstić information content (AvgIpc) is 2.19. The van der Waals surface area contributed by atoms with Crippen molar-refractivity contribution in [2.45, 2.75) is 33.6 Å². The van der Waals surface area contributed by atoms with Crippen molar-refractivity contribution in [1.29, 1.82) is 0 Å². The van der Waals surface area contributed by atoms with Crippen molar-refractivity contribution in [2.75, 3.05) is 11.9 Å². The Kier molecular flexibility index (Phi) is 4.82. The summed E-state index contributed by atoms with van der Waals surface area (Å²) in [6.07, 6.45) is 3.47. The number of hydrogen-bond acceptors (Lipinski definition) is 3. The maximum Gasteiger partial charge on any atom is 0.137 e. The largest absolute Gasteiger partial charge is 0.369 e. The summed E-state index contributed by atoms with van der Waals surface area (Å²) < 4.78 is 0. The zero-order valence-corrected chi connectivity index (χ0v) is 10.3. The van der Waals surface area contributed by atoms with Crippen LogP contribution >= 0.6 is 11.6 Å². The van der Waals surface area contributed by atoms with Crippen LogP contribution in [0.1, 0.15) is 32.8 Å². The van der Waals surface area contributed by atoms with Gasteiger partial charge in [-0.1, -0.05) is 38.8 Å². The monoisotopic (exact) mass is 227 g/mol. The second kappa shape index (κ2) is 5.91. The van der Waals surface area contributed by atoms with E-state index < -0.39 is 0 Å². The van der Waals surface area contributed by atoms with Gasteiger partial charge in [0.05, 0.1) is 0 Å². The van der Waals surface area contributed by atoms with Gasteiger partial charge in [0.1, 0.15) is 17.3 Å². The molecule has 0 fully saturated rings. The van der Waals surface area contributed by atoms with E-state index in [1.54, 1.807) is 0 Å². The van der Waals surface area contributed by atoms with Gasteiger partial charge in [-0.2, -0.15) is 0 Å². The first-order chi connectivity index (χ1) is 7.15. The summed E-state index contributed by atoms with van der Waals surface area (Å²) in [7, 11) is 0. The highest BCUT2D eigenvalue weighted by Crippen LogP contribution is 2.21. The quantitative estimate of drug-likeness (QED) is 0.786. The molecule has 0 saturated heterocycles. The number of rotatable bonds is 5. The van der Waals surface area contributed by atoms with E-state index in [0.717, 1.165) is 30.8 Å². The van der Waals surface area contributed by atoms with Crippen molar-refractivity contribution in [1.82, 2.24) is 9.97 Å². The van der Waals surface area contributed by atoms with Crippen LogP contribution in [-0.2, 0) is 6.42 Å². The van der Waals surface area contributed by atoms with Crippen molar-refractivity contribution in [2.24, 2.45) is 5.92 Å². The van der Waals surface area contributed by atoms with E-state index in [0.29, 0.717) is 11.1 Å². The van der Waals surface area contributed by atoms with Gasteiger partial charge in [-0.15, -0.1) is 0 Å². The topological polar surface area (TPSA) is 37.8 Å². The number of nitrogens with one attached hydrogen (secondary N) is 1. The summed E-state index contributed by atoms with van der Waals surface area (Å²) in [6.45, 7) is 7.35. The summed E-state index contributed by atoms with van der Waals surface area (Å²) in [5, 5.41) is 3.87. The minimum absolute atomic E-state index is 0.568. The molecule has 0 unspecified atom stereocenters. The van der Waals surface area contributed by atoms with Crippen molar-refractivity contribution >= 4 is 17.4 Å². The molecular formula is C11H18ClN3. The predicted octanol–water partition coefficient (Wildman–Crippen LogP) is 3.15. The van der Waals surface area contributed by atoms with Crippen LogP contribution in [-0.4, -0.2) is 16.5 Å². The summed E-state index contributed by atoms with van der Waals surface area (Å²) in [5.41, 5.74) is 1.03. The van der Waals surface area contributed by atoms with Crippen molar-refractivity contribution in [3.8, 4) is 0 Å². The Balaban J connectivity index is 2.80. The molecule has 15 heavy (non-hydrogen) atoms. The molecule has 1 rings (SSSR count). The SMILES string of the molecule is CCCc1c(Cl)ncnc1NCC(C)C. The zero-order valence-electron chi connectivity index (χ0n) is 9.55. The van der Waals surface area contributed by atoms with Crippen LogP contribution in [0, 0.1) is 5.92 Å². The smallest absolute Gasteiger partial charge is 0.137 e. The highest BCUT2D eigenvalue weighted by molar-refractivity contribution is 6.30. The molecule has 4 heteroatoms. The van der Waals surface area contributed by atoms with E-state index in [1.165, 1.54) is 6.33 Å². The molecule has 0 aliphatic heterocycles. The molecule has 1 N–H and O–H groups in total. The molecule has 3 nitrogen and oxygen atoms in total. The first-order valence-electron chi connectivity index (χ1n) is 5.38. The van der Waals surface area contributed by atoms with Crippen molar-refractivity contribution < 1.29 is 0 Å². The number of halogens is 1. The Morgan fingerprint density at radius 2 is 2.13 bits per heavy atom. The van der Waals surface area contributed by atoms with Gasteiger partial charge in [-0.3, -0.25) is 0 Å². The van der Waals surface area contributed by atoms with E-state index in [2.05, 4.69) is 36.1 Å². The molecule has 0 saturated carbocycles. The van der Waals surface area contributed by atoms with Crippen molar-refractivity contribution in [3.63, 3.8) is 0 Å². The summed E-state index contributed by atoms with van der Waals surface area (Å²) >= 11 is 6.03. The maximum atomic E-state index is 6.03. The molecular weight excluding hydrogens is 210 g/mol. The third-order valence-electron chi connectivity index (χ3n) is 2.07. The first-order valence-corrected chi connectivity index (χ1v) is 5.76. The van der Waals surface area contributed by atoms with Gasteiger partial charge in [-0.25, -0.2) is 9.97 Å². The predicted molar refractivity (Wildman–Crippen MR) is 64.4 cm³/mol. The van der Waals surface area contributed by atoms with Gasteiger partial charge in [-0.05, 0) is 12.3 Å². The fourth-order valence-electron chi connectivity index (χ4n) is 1.32. The number of aromatic nitrogens is 2. The van der Waals surface area contributed by atoms with Gasteiger partial charge >= 0.3 is 0 Å². The lowest BCUT2D eigenvalue weighted by molar-refractivity contribution is 0.685. The van der Waals surface area contributed by atoms with E-state index in [1.807, 2.05) is 0 Å². The fourth-order valence-corrected chi connectivity index (χ4v) is 1.54. The molecule has 0 spiro atoms. The van der Waals surface area contributed by atoms with E-state index in [-0.39, 0.29) is 0 Å². The standard InChI is InChI=1S/C11H18ClN3/c1-4-5-9-10(12)14-7-15-11(9)13-6-8(2)3/h7-8H,4-6H2,1-3H3,(H,13,14,15). The van der Waals surface area contributed by atoms with Crippen LogP contribution in [0.5, 0.6) is 0 Å². The molecule has 0 aliphatic carbocycles. The Bertz CT molecular complexity index is 313. The van der Waals surface area contributed by atoms with Crippen LogP contribution in [0.25, 0.3) is 0 Å². The normalized spacial score (nSPS) is 10.7. The lowest BCUT2D eigenvalue weighted by Crippen LogP contribution is -2.11. The minimum atomic E-state index is 0.568.